The Labute approximate surface area is 92.6 Å². The second kappa shape index (κ2) is 4.62. The Morgan fingerprint density at radius 1 is 1.57 bits per heavy atom. The van der Waals surface area contributed by atoms with Crippen LogP contribution in [-0.4, -0.2) is 22.8 Å². The van der Waals surface area contributed by atoms with E-state index in [1.165, 1.54) is 6.92 Å². The Morgan fingerprint density at radius 3 is 2.71 bits per heavy atom. The Morgan fingerprint density at radius 2 is 2.21 bits per heavy atom. The molecule has 0 unspecified atom stereocenters. The molecule has 0 atom stereocenters. The van der Waals surface area contributed by atoms with Crippen LogP contribution >= 0.6 is 23.2 Å². The molecule has 0 aliphatic carbocycles. The molecule has 0 aliphatic heterocycles. The highest BCUT2D eigenvalue weighted by atomic mass is 35.5. The maximum Gasteiger partial charge on any atom is 0.219 e. The minimum atomic E-state index is -0.00364. The zero-order valence-corrected chi connectivity index (χ0v) is 9.43. The molecule has 0 aliphatic rings. The maximum absolute atomic E-state index is 10.9. The zero-order chi connectivity index (χ0) is 10.7. The van der Waals surface area contributed by atoms with E-state index in [-0.39, 0.29) is 11.1 Å². The molecule has 0 aromatic carbocycles. The van der Waals surface area contributed by atoms with Crippen molar-refractivity contribution in [2.75, 3.05) is 7.05 Å². The smallest absolute Gasteiger partial charge is 0.219 e. The highest BCUT2D eigenvalue weighted by Gasteiger charge is 2.05. The molecular weight excluding hydrogens is 223 g/mol. The summed E-state index contributed by atoms with van der Waals surface area (Å²) in [5.41, 5.74) is 0.858. The maximum atomic E-state index is 10.9. The predicted molar refractivity (Wildman–Crippen MR) is 56.4 cm³/mol. The lowest BCUT2D eigenvalue weighted by atomic mass is 10.3. The van der Waals surface area contributed by atoms with Gasteiger partial charge in [0, 0.05) is 26.7 Å². The quantitative estimate of drug-likeness (QED) is 0.734. The molecule has 1 heterocycles. The van der Waals surface area contributed by atoms with Gasteiger partial charge in [0.25, 0.3) is 0 Å². The average molecular weight is 233 g/mol. The van der Waals surface area contributed by atoms with Crippen molar-refractivity contribution in [3.63, 3.8) is 0 Å². The lowest BCUT2D eigenvalue weighted by Gasteiger charge is -2.14. The fraction of sp³-hybridized carbons (Fsp3) is 0.333. The summed E-state index contributed by atoms with van der Waals surface area (Å²) >= 11 is 11.4. The van der Waals surface area contributed by atoms with Gasteiger partial charge < -0.3 is 4.90 Å². The molecule has 0 bridgehead atoms. The Kier molecular flexibility index (Phi) is 3.72. The number of amides is 1. The minimum Gasteiger partial charge on any atom is -0.342 e. The summed E-state index contributed by atoms with van der Waals surface area (Å²) in [6, 6.07) is 1.70. The summed E-state index contributed by atoms with van der Waals surface area (Å²) in [5, 5.41) is 0.682. The van der Waals surface area contributed by atoms with Crippen molar-refractivity contribution in [1.29, 1.82) is 0 Å². The molecule has 0 fully saturated rings. The first-order chi connectivity index (χ1) is 6.50. The summed E-state index contributed by atoms with van der Waals surface area (Å²) < 4.78 is 0. The number of hydrogen-bond donors (Lipinski definition) is 0. The van der Waals surface area contributed by atoms with E-state index in [1.807, 2.05) is 0 Å². The highest BCUT2D eigenvalue weighted by molar-refractivity contribution is 6.41. The number of nitrogens with zero attached hydrogens (tertiary/aromatic N) is 2. The lowest BCUT2D eigenvalue weighted by molar-refractivity contribution is -0.128. The van der Waals surface area contributed by atoms with E-state index >= 15 is 0 Å². The van der Waals surface area contributed by atoms with E-state index in [4.69, 9.17) is 23.2 Å². The molecule has 76 valence electrons. The number of carbonyl (C=O) groups excluding carboxylic acids is 1. The molecule has 1 aromatic rings. The lowest BCUT2D eigenvalue weighted by Crippen LogP contribution is -2.23. The highest BCUT2D eigenvalue weighted by Crippen LogP contribution is 2.20. The van der Waals surface area contributed by atoms with Crippen molar-refractivity contribution < 1.29 is 4.79 Å². The van der Waals surface area contributed by atoms with Gasteiger partial charge in [-0.05, 0) is 11.6 Å². The molecule has 0 saturated carbocycles. The summed E-state index contributed by atoms with van der Waals surface area (Å²) in [5.74, 6) is -0.00364. The molecule has 0 spiro atoms. The second-order valence-electron chi connectivity index (χ2n) is 2.99. The van der Waals surface area contributed by atoms with Crippen molar-refractivity contribution >= 4 is 29.1 Å². The summed E-state index contributed by atoms with van der Waals surface area (Å²) in [6.07, 6.45) is 1.60. The Balaban J connectivity index is 2.78. The molecule has 3 nitrogen and oxygen atoms in total. The van der Waals surface area contributed by atoms with Gasteiger partial charge in [0.15, 0.2) is 0 Å². The number of halogens is 2. The third-order valence-electron chi connectivity index (χ3n) is 1.81. The molecular formula is C9H10Cl2N2O. The Bertz CT molecular complexity index is 355. The van der Waals surface area contributed by atoms with Crippen molar-refractivity contribution in [3.8, 4) is 0 Å². The fourth-order valence-electron chi connectivity index (χ4n) is 0.933. The van der Waals surface area contributed by atoms with Gasteiger partial charge in [-0.1, -0.05) is 23.2 Å². The first-order valence-corrected chi connectivity index (χ1v) is 4.78. The topological polar surface area (TPSA) is 33.2 Å². The van der Waals surface area contributed by atoms with Crippen molar-refractivity contribution in [2.45, 2.75) is 13.5 Å². The van der Waals surface area contributed by atoms with Crippen LogP contribution in [0.1, 0.15) is 12.5 Å². The largest absolute Gasteiger partial charge is 0.342 e. The van der Waals surface area contributed by atoms with Crippen molar-refractivity contribution in [3.05, 3.63) is 28.0 Å². The summed E-state index contributed by atoms with van der Waals surface area (Å²) in [7, 11) is 1.71. The number of aromatic nitrogens is 1. The standard InChI is InChI=1S/C9H10Cl2N2O/c1-6(14)13(2)5-7-3-8(10)9(11)12-4-7/h3-4H,5H2,1-2H3. The van der Waals surface area contributed by atoms with Gasteiger partial charge in [-0.3, -0.25) is 4.79 Å². The van der Waals surface area contributed by atoms with Gasteiger partial charge in [-0.25, -0.2) is 4.98 Å². The SMILES string of the molecule is CC(=O)N(C)Cc1cnc(Cl)c(Cl)c1. The van der Waals surface area contributed by atoms with Crippen LogP contribution in [0.2, 0.25) is 10.2 Å². The zero-order valence-electron chi connectivity index (χ0n) is 7.92. The molecule has 0 radical (unpaired) electrons. The minimum absolute atomic E-state index is 0.00364. The van der Waals surface area contributed by atoms with E-state index in [2.05, 4.69) is 4.98 Å². The number of hydrogen-bond acceptors (Lipinski definition) is 2. The van der Waals surface area contributed by atoms with Gasteiger partial charge in [0.2, 0.25) is 5.91 Å². The van der Waals surface area contributed by atoms with Crippen LogP contribution in [0.4, 0.5) is 0 Å². The first kappa shape index (κ1) is 11.3. The number of rotatable bonds is 2. The van der Waals surface area contributed by atoms with Crippen molar-refractivity contribution in [2.24, 2.45) is 0 Å². The van der Waals surface area contributed by atoms with Gasteiger partial charge >= 0.3 is 0 Å². The first-order valence-electron chi connectivity index (χ1n) is 4.02. The van der Waals surface area contributed by atoms with Crippen LogP contribution in [0.3, 0.4) is 0 Å². The van der Waals surface area contributed by atoms with Crippen LogP contribution in [-0.2, 0) is 11.3 Å². The second-order valence-corrected chi connectivity index (χ2v) is 3.76. The molecule has 1 amide bonds. The Hall–Kier alpha value is -0.800. The van der Waals surface area contributed by atoms with Gasteiger partial charge in [0.05, 0.1) is 5.02 Å². The third kappa shape index (κ3) is 2.86. The molecule has 1 rings (SSSR count). The molecule has 0 saturated heterocycles. The van der Waals surface area contributed by atoms with E-state index in [0.717, 1.165) is 5.56 Å². The van der Waals surface area contributed by atoms with Gasteiger partial charge in [-0.2, -0.15) is 0 Å². The number of pyridine rings is 1. The molecule has 1 aromatic heterocycles. The van der Waals surface area contributed by atoms with Crippen LogP contribution in [0, 0.1) is 0 Å². The van der Waals surface area contributed by atoms with Gasteiger partial charge in [0.1, 0.15) is 5.15 Å². The summed E-state index contributed by atoms with van der Waals surface area (Å²) in [4.78, 5) is 16.4. The van der Waals surface area contributed by atoms with Gasteiger partial charge in [-0.15, -0.1) is 0 Å². The summed E-state index contributed by atoms with van der Waals surface area (Å²) in [6.45, 7) is 1.99. The van der Waals surface area contributed by atoms with E-state index in [1.54, 1.807) is 24.2 Å². The third-order valence-corrected chi connectivity index (χ3v) is 2.50. The van der Waals surface area contributed by atoms with E-state index < -0.39 is 0 Å². The number of carbonyl (C=O) groups is 1. The molecule has 5 heteroatoms. The normalized spacial score (nSPS) is 10.0. The monoisotopic (exact) mass is 232 g/mol. The van der Waals surface area contributed by atoms with Crippen molar-refractivity contribution in [1.82, 2.24) is 9.88 Å². The van der Waals surface area contributed by atoms with Crippen LogP contribution in [0.5, 0.6) is 0 Å². The average Bonchev–Trinajstić information content (AvgIpc) is 2.11. The van der Waals surface area contributed by atoms with Crippen LogP contribution in [0.15, 0.2) is 12.3 Å². The molecule has 0 N–H and O–H groups in total. The molecule has 14 heavy (non-hydrogen) atoms. The van der Waals surface area contributed by atoms with Crippen LogP contribution in [0.25, 0.3) is 0 Å². The van der Waals surface area contributed by atoms with Crippen LogP contribution < -0.4 is 0 Å². The fourth-order valence-corrected chi connectivity index (χ4v) is 1.22. The van der Waals surface area contributed by atoms with E-state index in [9.17, 15) is 4.79 Å². The van der Waals surface area contributed by atoms with E-state index in [0.29, 0.717) is 11.6 Å². The predicted octanol–water partition coefficient (Wildman–Crippen LogP) is 2.37.